The van der Waals surface area contributed by atoms with Crippen LogP contribution in [0.3, 0.4) is 0 Å². The van der Waals surface area contributed by atoms with Crippen molar-refractivity contribution in [2.24, 2.45) is 0 Å². The zero-order valence-electron chi connectivity index (χ0n) is 8.97. The van der Waals surface area contributed by atoms with E-state index in [0.717, 1.165) is 0 Å². The number of rotatable bonds is 0. The summed E-state index contributed by atoms with van der Waals surface area (Å²) in [5.41, 5.74) is 0. The van der Waals surface area contributed by atoms with E-state index in [4.69, 9.17) is 0 Å². The van der Waals surface area contributed by atoms with Crippen LogP contribution in [0.2, 0.25) is 0 Å². The molecule has 0 atom stereocenters. The molecule has 14 heavy (non-hydrogen) atoms. The van der Waals surface area contributed by atoms with Crippen molar-refractivity contribution < 1.29 is 0 Å². The molecule has 0 saturated carbocycles. The van der Waals surface area contributed by atoms with Gasteiger partial charge in [-0.1, -0.05) is 0 Å². The Bertz CT molecular complexity index is 192. The highest BCUT2D eigenvalue weighted by atomic mass is 15.1. The molecule has 2 heterocycles. The molecule has 0 aromatic carbocycles. The summed E-state index contributed by atoms with van der Waals surface area (Å²) in [4.78, 5) is 4.58. The van der Waals surface area contributed by atoms with Crippen LogP contribution in [0.1, 0.15) is 38.5 Å². The van der Waals surface area contributed by atoms with Gasteiger partial charge >= 0.3 is 0 Å². The van der Waals surface area contributed by atoms with Crippen LogP contribution in [-0.2, 0) is 0 Å². The molecule has 78 valence electrons. The smallest absolute Gasteiger partial charge is 0.0307 e. The maximum atomic E-state index is 3.30. The van der Waals surface area contributed by atoms with Crippen molar-refractivity contribution in [1.29, 1.82) is 0 Å². The Morgan fingerprint density at radius 1 is 0.500 bits per heavy atom. The number of nitrogens with zero attached hydrogens (tertiary/aromatic N) is 2. The number of hydrogen-bond donors (Lipinski definition) is 0. The Morgan fingerprint density at radius 3 is 1.21 bits per heavy atom. The zero-order valence-corrected chi connectivity index (χ0v) is 8.97. The lowest BCUT2D eigenvalue weighted by atomic mass is 10.1. The molecule has 0 aliphatic carbocycles. The Hall–Kier alpha value is -0.840. The molecule has 0 radical (unpaired) electrons. The predicted molar refractivity (Wildman–Crippen MR) is 58.6 cm³/mol. The van der Waals surface area contributed by atoms with Crippen LogP contribution < -0.4 is 0 Å². The van der Waals surface area contributed by atoms with Crippen LogP contribution >= 0.6 is 0 Å². The van der Waals surface area contributed by atoms with Crippen LogP contribution in [0.15, 0.2) is 0 Å². The van der Waals surface area contributed by atoms with E-state index >= 15 is 0 Å². The van der Waals surface area contributed by atoms with E-state index in [1.165, 1.54) is 64.7 Å². The summed E-state index contributed by atoms with van der Waals surface area (Å²) in [6.07, 6.45) is 8.09. The van der Waals surface area contributed by atoms with Gasteiger partial charge in [0.15, 0.2) is 0 Å². The normalized spacial score (nSPS) is 22.9. The lowest BCUT2D eigenvalue weighted by molar-refractivity contribution is 0.308. The number of likely N-dealkylation sites (tertiary alicyclic amines) is 2. The second kappa shape index (κ2) is 5.14. The molecule has 2 heteroatoms. The van der Waals surface area contributed by atoms with E-state index in [2.05, 4.69) is 21.9 Å². The third kappa shape index (κ3) is 2.83. The monoisotopic (exact) mass is 192 g/mol. The van der Waals surface area contributed by atoms with Crippen molar-refractivity contribution in [1.82, 2.24) is 9.80 Å². The topological polar surface area (TPSA) is 6.48 Å². The fourth-order valence-corrected chi connectivity index (χ4v) is 2.15. The highest BCUT2D eigenvalue weighted by Crippen LogP contribution is 2.09. The molecule has 0 aromatic rings. The second-order valence-electron chi connectivity index (χ2n) is 4.32. The van der Waals surface area contributed by atoms with Crippen LogP contribution in [0, 0.1) is 12.1 Å². The molecule has 0 unspecified atom stereocenters. The van der Waals surface area contributed by atoms with Gasteiger partial charge in [0.05, 0.1) is 0 Å². The van der Waals surface area contributed by atoms with Crippen LogP contribution in [-0.4, -0.2) is 36.0 Å². The van der Waals surface area contributed by atoms with Gasteiger partial charge in [0, 0.05) is 38.3 Å². The summed E-state index contributed by atoms with van der Waals surface area (Å²) in [5, 5.41) is 0. The third-order valence-corrected chi connectivity index (χ3v) is 3.08. The van der Waals surface area contributed by atoms with Crippen molar-refractivity contribution in [3.8, 4) is 12.1 Å². The molecule has 0 aromatic heterocycles. The maximum absolute atomic E-state index is 3.30. The molecule has 2 saturated heterocycles. The van der Waals surface area contributed by atoms with Gasteiger partial charge < -0.3 is 9.80 Å². The van der Waals surface area contributed by atoms with Gasteiger partial charge in [0.25, 0.3) is 0 Å². The van der Waals surface area contributed by atoms with Crippen molar-refractivity contribution in [2.45, 2.75) is 38.5 Å². The average molecular weight is 192 g/mol. The molecule has 0 N–H and O–H groups in total. The van der Waals surface area contributed by atoms with Gasteiger partial charge in [-0.25, -0.2) is 0 Å². The Kier molecular flexibility index (Phi) is 3.57. The first-order valence-electron chi connectivity index (χ1n) is 5.96. The highest BCUT2D eigenvalue weighted by molar-refractivity contribution is 4.99. The summed E-state index contributed by atoms with van der Waals surface area (Å²) in [5.74, 6) is 0. The van der Waals surface area contributed by atoms with Gasteiger partial charge in [-0.15, -0.1) is 0 Å². The van der Waals surface area contributed by atoms with E-state index in [-0.39, 0.29) is 0 Å². The Balaban J connectivity index is 1.78. The minimum Gasteiger partial charge on any atom is -0.331 e. The molecular formula is C12H20N2. The first-order chi connectivity index (χ1) is 6.95. The Morgan fingerprint density at radius 2 is 0.857 bits per heavy atom. The average Bonchev–Trinajstić information content (AvgIpc) is 2.29. The summed E-state index contributed by atoms with van der Waals surface area (Å²) in [7, 11) is 0. The maximum Gasteiger partial charge on any atom is 0.0307 e. The third-order valence-electron chi connectivity index (χ3n) is 3.08. The van der Waals surface area contributed by atoms with Crippen molar-refractivity contribution in [3.63, 3.8) is 0 Å². The van der Waals surface area contributed by atoms with E-state index in [1.54, 1.807) is 0 Å². The summed E-state index contributed by atoms with van der Waals surface area (Å²) < 4.78 is 0. The molecule has 2 aliphatic rings. The molecule has 2 aliphatic heterocycles. The number of piperidine rings is 2. The second-order valence-corrected chi connectivity index (χ2v) is 4.32. The standard InChI is InChI=1S/C12H20N2/c1-3-7-13(8-4-1)11-12-14-9-5-2-6-10-14/h1-10H2. The fourth-order valence-electron chi connectivity index (χ4n) is 2.15. The lowest BCUT2D eigenvalue weighted by Crippen LogP contribution is -2.28. The minimum atomic E-state index is 1.18. The van der Waals surface area contributed by atoms with Crippen molar-refractivity contribution in [2.75, 3.05) is 26.2 Å². The molecular weight excluding hydrogens is 172 g/mol. The van der Waals surface area contributed by atoms with Gasteiger partial charge in [-0.2, -0.15) is 0 Å². The Labute approximate surface area is 87.3 Å². The van der Waals surface area contributed by atoms with Gasteiger partial charge in [0.1, 0.15) is 0 Å². The largest absolute Gasteiger partial charge is 0.331 e. The molecule has 0 spiro atoms. The van der Waals surface area contributed by atoms with E-state index < -0.39 is 0 Å². The molecule has 2 nitrogen and oxygen atoms in total. The fraction of sp³-hybridized carbons (Fsp3) is 0.833. The quantitative estimate of drug-likeness (QED) is 0.541. The van der Waals surface area contributed by atoms with Crippen LogP contribution in [0.25, 0.3) is 0 Å². The van der Waals surface area contributed by atoms with Gasteiger partial charge in [-0.3, -0.25) is 0 Å². The molecule has 0 bridgehead atoms. The number of hydrogen-bond acceptors (Lipinski definition) is 2. The van der Waals surface area contributed by atoms with E-state index in [0.29, 0.717) is 0 Å². The summed E-state index contributed by atoms with van der Waals surface area (Å²) in [6.45, 7) is 4.73. The van der Waals surface area contributed by atoms with Crippen LogP contribution in [0.4, 0.5) is 0 Å². The SMILES string of the molecule is C(#CN1CCCCC1)N1CCCCC1. The van der Waals surface area contributed by atoms with Crippen LogP contribution in [0.5, 0.6) is 0 Å². The minimum absolute atomic E-state index is 1.18. The highest BCUT2D eigenvalue weighted by Gasteiger charge is 2.07. The van der Waals surface area contributed by atoms with Crippen molar-refractivity contribution >= 4 is 0 Å². The van der Waals surface area contributed by atoms with E-state index in [9.17, 15) is 0 Å². The summed E-state index contributed by atoms with van der Waals surface area (Å²) >= 11 is 0. The van der Waals surface area contributed by atoms with E-state index in [1.807, 2.05) is 0 Å². The molecule has 2 rings (SSSR count). The zero-order chi connectivity index (χ0) is 9.64. The van der Waals surface area contributed by atoms with Gasteiger partial charge in [-0.05, 0) is 38.5 Å². The van der Waals surface area contributed by atoms with Crippen molar-refractivity contribution in [3.05, 3.63) is 0 Å². The lowest BCUT2D eigenvalue weighted by Gasteiger charge is -2.25. The summed E-state index contributed by atoms with van der Waals surface area (Å²) in [6, 6.07) is 6.60. The molecule has 0 amide bonds. The van der Waals surface area contributed by atoms with Gasteiger partial charge in [0.2, 0.25) is 0 Å². The first-order valence-corrected chi connectivity index (χ1v) is 5.96. The predicted octanol–water partition coefficient (Wildman–Crippen LogP) is 1.88. The first kappa shape index (κ1) is 9.71. The molecule has 2 fully saturated rings.